The number of ether oxygens (including phenoxy) is 4. The molecule has 0 aromatic rings. The molecule has 103 heavy (non-hydrogen) atoms. The van der Waals surface area contributed by atoms with Gasteiger partial charge in [0, 0.05) is 25.7 Å². The third-order valence-electron chi connectivity index (χ3n) is 19.7. The van der Waals surface area contributed by atoms with Gasteiger partial charge in [0.1, 0.15) is 19.3 Å². The number of hydrogen-bond donors (Lipinski definition) is 3. The molecule has 0 aromatic heterocycles. The van der Waals surface area contributed by atoms with Gasteiger partial charge in [0.2, 0.25) is 0 Å². The number of aliphatic hydroxyl groups is 1. The first-order valence-electron chi connectivity index (χ1n) is 43.5. The van der Waals surface area contributed by atoms with Crippen molar-refractivity contribution in [2.45, 2.75) is 464 Å². The summed E-state index contributed by atoms with van der Waals surface area (Å²) in [6.07, 6.45) is 66.5. The average molecular weight is 1510 g/mol. The second-order valence-corrected chi connectivity index (χ2v) is 34.1. The van der Waals surface area contributed by atoms with Crippen LogP contribution < -0.4 is 0 Å². The van der Waals surface area contributed by atoms with E-state index in [1.807, 2.05) is 0 Å². The van der Waals surface area contributed by atoms with Crippen molar-refractivity contribution in [2.24, 2.45) is 11.8 Å². The lowest BCUT2D eigenvalue weighted by molar-refractivity contribution is -0.161. The van der Waals surface area contributed by atoms with Crippen molar-refractivity contribution in [1.82, 2.24) is 0 Å². The average Bonchev–Trinajstić information content (AvgIpc) is 0.919. The fraction of sp³-hybridized carbons (Fsp3) is 0.952. The van der Waals surface area contributed by atoms with E-state index < -0.39 is 97.5 Å². The van der Waals surface area contributed by atoms with Crippen LogP contribution in [0.1, 0.15) is 446 Å². The highest BCUT2D eigenvalue weighted by molar-refractivity contribution is 7.47. The highest BCUT2D eigenvalue weighted by atomic mass is 31.2. The molecule has 0 amide bonds. The lowest BCUT2D eigenvalue weighted by Gasteiger charge is -2.21. The Morgan fingerprint density at radius 2 is 0.447 bits per heavy atom. The van der Waals surface area contributed by atoms with E-state index in [-0.39, 0.29) is 25.7 Å². The van der Waals surface area contributed by atoms with E-state index in [0.717, 1.165) is 102 Å². The van der Waals surface area contributed by atoms with Crippen molar-refractivity contribution in [1.29, 1.82) is 0 Å². The fourth-order valence-electron chi connectivity index (χ4n) is 13.1. The lowest BCUT2D eigenvalue weighted by Crippen LogP contribution is -2.30. The quantitative estimate of drug-likeness (QED) is 0.0222. The van der Waals surface area contributed by atoms with E-state index in [1.54, 1.807) is 0 Å². The maximum absolute atomic E-state index is 13.1. The molecule has 0 radical (unpaired) electrons. The molecule has 17 nitrogen and oxygen atoms in total. The lowest BCUT2D eigenvalue weighted by atomic mass is 10.0. The van der Waals surface area contributed by atoms with Crippen LogP contribution in [0.25, 0.3) is 0 Å². The van der Waals surface area contributed by atoms with E-state index in [1.165, 1.54) is 263 Å². The molecule has 612 valence electrons. The molecule has 0 saturated carbocycles. The first-order chi connectivity index (χ1) is 49.9. The van der Waals surface area contributed by atoms with Crippen LogP contribution in [0.4, 0.5) is 0 Å². The normalized spacial score (nSPS) is 13.9. The molecule has 0 spiro atoms. The number of hydrogen-bond acceptors (Lipinski definition) is 15. The van der Waals surface area contributed by atoms with E-state index in [9.17, 15) is 43.2 Å². The van der Waals surface area contributed by atoms with E-state index in [2.05, 4.69) is 41.5 Å². The summed E-state index contributed by atoms with van der Waals surface area (Å²) in [5.74, 6) is -0.507. The number of phosphoric ester groups is 2. The first-order valence-corrected chi connectivity index (χ1v) is 46.5. The number of esters is 4. The summed E-state index contributed by atoms with van der Waals surface area (Å²) in [6.45, 7) is 9.71. The summed E-state index contributed by atoms with van der Waals surface area (Å²) >= 11 is 0. The summed E-state index contributed by atoms with van der Waals surface area (Å²) in [5.41, 5.74) is 0. The second-order valence-electron chi connectivity index (χ2n) is 31.2. The third kappa shape index (κ3) is 78.0. The Balaban J connectivity index is 5.25. The SMILES string of the molecule is CCCCCCCCCCCCCCCCCCCC(=O)OC[C@H](COP(=O)(O)OC[C@@H](O)COP(=O)(O)OC[C@@H](COC(=O)CCCCCCCCCCCCC)OC(=O)CCCCCCCCCCCCCCCC(C)C)OC(=O)CCCCCCCCCCCCCCCCCCC(C)C. The van der Waals surface area contributed by atoms with Gasteiger partial charge in [0.05, 0.1) is 26.4 Å². The number of phosphoric acid groups is 2. The molecule has 0 aliphatic heterocycles. The summed E-state index contributed by atoms with van der Waals surface area (Å²) in [7, 11) is -9.92. The molecule has 0 aliphatic rings. The summed E-state index contributed by atoms with van der Waals surface area (Å²) in [4.78, 5) is 73.2. The molecule has 19 heteroatoms. The van der Waals surface area contributed by atoms with Gasteiger partial charge in [-0.25, -0.2) is 9.13 Å². The topological polar surface area (TPSA) is 237 Å². The second kappa shape index (κ2) is 75.5. The largest absolute Gasteiger partial charge is 0.472 e. The highest BCUT2D eigenvalue weighted by Gasteiger charge is 2.30. The molecule has 5 atom stereocenters. The van der Waals surface area contributed by atoms with Crippen molar-refractivity contribution >= 4 is 39.5 Å². The van der Waals surface area contributed by atoms with Gasteiger partial charge in [-0.2, -0.15) is 0 Å². The Kier molecular flexibility index (Phi) is 74.1. The molecule has 0 rings (SSSR count). The van der Waals surface area contributed by atoms with Crippen LogP contribution >= 0.6 is 15.6 Å². The highest BCUT2D eigenvalue weighted by Crippen LogP contribution is 2.45. The van der Waals surface area contributed by atoms with Crippen molar-refractivity contribution in [3.05, 3.63) is 0 Å². The van der Waals surface area contributed by atoms with Crippen molar-refractivity contribution in [3.63, 3.8) is 0 Å². The molecule has 0 saturated heterocycles. The van der Waals surface area contributed by atoms with Crippen molar-refractivity contribution in [2.75, 3.05) is 39.6 Å². The minimum atomic E-state index is -4.96. The predicted molar refractivity (Wildman–Crippen MR) is 423 cm³/mol. The van der Waals surface area contributed by atoms with Gasteiger partial charge in [-0.05, 0) is 37.5 Å². The maximum Gasteiger partial charge on any atom is 0.472 e. The van der Waals surface area contributed by atoms with Gasteiger partial charge in [0.15, 0.2) is 12.2 Å². The van der Waals surface area contributed by atoms with E-state index in [0.29, 0.717) is 25.7 Å². The number of carbonyl (C=O) groups excluding carboxylic acids is 4. The fourth-order valence-corrected chi connectivity index (χ4v) is 14.6. The minimum Gasteiger partial charge on any atom is -0.462 e. The zero-order valence-electron chi connectivity index (χ0n) is 67.6. The predicted octanol–water partition coefficient (Wildman–Crippen LogP) is 25.5. The van der Waals surface area contributed by atoms with Crippen molar-refractivity contribution in [3.8, 4) is 0 Å². The van der Waals surface area contributed by atoms with Gasteiger partial charge in [0.25, 0.3) is 0 Å². The van der Waals surface area contributed by atoms with Gasteiger partial charge in [-0.3, -0.25) is 37.3 Å². The zero-order valence-corrected chi connectivity index (χ0v) is 69.4. The zero-order chi connectivity index (χ0) is 75.6. The van der Waals surface area contributed by atoms with Crippen molar-refractivity contribution < 1.29 is 80.2 Å². The summed E-state index contributed by atoms with van der Waals surface area (Å²) in [6, 6.07) is 0. The van der Waals surface area contributed by atoms with Crippen LogP contribution in [0.3, 0.4) is 0 Å². The van der Waals surface area contributed by atoms with Crippen LogP contribution in [0.5, 0.6) is 0 Å². The van der Waals surface area contributed by atoms with Crippen LogP contribution in [-0.4, -0.2) is 96.7 Å². The Morgan fingerprint density at radius 3 is 0.660 bits per heavy atom. The number of rotatable bonds is 83. The van der Waals surface area contributed by atoms with E-state index >= 15 is 0 Å². The monoisotopic (exact) mass is 1510 g/mol. The van der Waals surface area contributed by atoms with Gasteiger partial charge < -0.3 is 33.8 Å². The molecular formula is C84H164O17P2. The van der Waals surface area contributed by atoms with Gasteiger partial charge >= 0.3 is 39.5 Å². The Bertz CT molecular complexity index is 1980. The number of unbranched alkanes of at least 4 members (excludes halogenated alkanes) is 53. The summed E-state index contributed by atoms with van der Waals surface area (Å²) < 4.78 is 68.8. The first kappa shape index (κ1) is 101. The van der Waals surface area contributed by atoms with Crippen LogP contribution in [0, 0.1) is 11.8 Å². The van der Waals surface area contributed by atoms with Crippen LogP contribution in [-0.2, 0) is 65.4 Å². The van der Waals surface area contributed by atoms with Gasteiger partial charge in [-0.15, -0.1) is 0 Å². The van der Waals surface area contributed by atoms with Gasteiger partial charge in [-0.1, -0.05) is 395 Å². The smallest absolute Gasteiger partial charge is 0.462 e. The molecule has 0 fully saturated rings. The Hall–Kier alpha value is -1.94. The van der Waals surface area contributed by atoms with Crippen LogP contribution in [0.2, 0.25) is 0 Å². The Morgan fingerprint density at radius 1 is 0.262 bits per heavy atom. The van der Waals surface area contributed by atoms with E-state index in [4.69, 9.17) is 37.0 Å². The molecule has 3 N–H and O–H groups in total. The molecule has 0 heterocycles. The molecule has 0 bridgehead atoms. The molecule has 0 aliphatic carbocycles. The third-order valence-corrected chi connectivity index (χ3v) is 21.6. The molecule has 0 aromatic carbocycles. The summed E-state index contributed by atoms with van der Waals surface area (Å²) in [5, 5.41) is 10.7. The molecular weight excluding hydrogens is 1340 g/mol. The Labute approximate surface area is 632 Å². The number of carbonyl (C=O) groups is 4. The van der Waals surface area contributed by atoms with Crippen LogP contribution in [0.15, 0.2) is 0 Å². The standard InChI is InChI=1S/C84H164O17P2/c1-7-9-11-13-15-17-19-20-21-22-26-31-37-43-49-55-61-67-82(87)95-73-80(101-83(88)68-62-56-50-44-38-32-27-24-23-25-29-35-40-46-52-58-64-76(3)4)75-99-103(92,93)97-71-78(85)70-96-102(90,91)98-74-79(72-94-81(86)66-60-54-48-42-34-18-16-14-12-10-8-2)100-84(89)69-63-57-51-45-39-33-28-30-36-41-47-53-59-65-77(5)6/h76-80,85H,7-75H2,1-6H3,(H,90,91)(H,92,93)/t78-,79+,80+/m0/s1. The maximum atomic E-state index is 13.1. The minimum absolute atomic E-state index is 0.108. The number of aliphatic hydroxyl groups excluding tert-OH is 1. The molecule has 2 unspecified atom stereocenters.